The van der Waals surface area contributed by atoms with Gasteiger partial charge in [-0.3, -0.25) is 4.98 Å². The molecule has 0 amide bonds. The number of anilines is 1. The number of rotatable bonds is 6. The van der Waals surface area contributed by atoms with E-state index < -0.39 is 5.79 Å². The number of allylic oxidation sites excluding steroid dienone is 1. The van der Waals surface area contributed by atoms with Gasteiger partial charge in [0, 0.05) is 54.3 Å². The van der Waals surface area contributed by atoms with Gasteiger partial charge in [-0.25, -0.2) is 9.78 Å². The minimum absolute atomic E-state index is 0.0359. The van der Waals surface area contributed by atoms with Crippen molar-refractivity contribution in [3.05, 3.63) is 47.1 Å². The summed E-state index contributed by atoms with van der Waals surface area (Å²) in [4.78, 5) is 16.4. The molecule has 3 aliphatic rings. The van der Waals surface area contributed by atoms with Crippen molar-refractivity contribution in [1.82, 2.24) is 10.3 Å². The van der Waals surface area contributed by atoms with Gasteiger partial charge in [-0.1, -0.05) is 37.1 Å². The zero-order valence-electron chi connectivity index (χ0n) is 20.4. The molecule has 1 saturated heterocycles. The third kappa shape index (κ3) is 4.98. The second-order valence-corrected chi connectivity index (χ2v) is 10.9. The van der Waals surface area contributed by atoms with E-state index in [2.05, 4.69) is 42.5 Å². The van der Waals surface area contributed by atoms with Gasteiger partial charge in [-0.05, 0) is 62.8 Å². The molecule has 1 aliphatic heterocycles. The summed E-state index contributed by atoms with van der Waals surface area (Å²) in [5.74, 6) is -0.0725. The van der Waals surface area contributed by atoms with E-state index in [1.807, 2.05) is 30.5 Å². The highest BCUT2D eigenvalue weighted by Crippen LogP contribution is 2.46. The average Bonchev–Trinajstić information content (AvgIpc) is 2.83. The fourth-order valence-electron chi connectivity index (χ4n) is 5.35. The molecule has 34 heavy (non-hydrogen) atoms. The number of pyridine rings is 1. The summed E-state index contributed by atoms with van der Waals surface area (Å²) in [6.45, 7) is 8.34. The molecule has 2 N–H and O–H groups in total. The van der Waals surface area contributed by atoms with E-state index in [4.69, 9.17) is 26.1 Å². The van der Waals surface area contributed by atoms with E-state index in [1.165, 1.54) is 5.57 Å². The normalized spacial score (nSPS) is 31.5. The Morgan fingerprint density at radius 2 is 1.94 bits per heavy atom. The van der Waals surface area contributed by atoms with Crippen LogP contribution in [0.1, 0.15) is 59.3 Å². The van der Waals surface area contributed by atoms with Crippen LogP contribution >= 0.6 is 11.6 Å². The summed E-state index contributed by atoms with van der Waals surface area (Å²) in [6, 6.07) is 8.28. The van der Waals surface area contributed by atoms with Crippen molar-refractivity contribution in [3.8, 4) is 0 Å². The molecule has 7 heteroatoms. The Morgan fingerprint density at radius 3 is 2.74 bits per heavy atom. The molecular formula is C27H36ClN3O3. The maximum Gasteiger partial charge on any atom is 0.202 e. The fraction of sp³-hybridized carbons (Fsp3) is 0.593. The predicted molar refractivity (Wildman–Crippen MR) is 136 cm³/mol. The lowest BCUT2D eigenvalue weighted by molar-refractivity contribution is -0.527. The summed E-state index contributed by atoms with van der Waals surface area (Å²) in [7, 11) is 0. The standard InChI is InChI=1S/C27H36ClN3O3/c1-18(2)19-6-10-26(3)25(16-19)32-27(34-33-26)11-7-21(8-12-27)29-14-15-31-23-9-13-30-24-17-20(28)4-5-22(23)24/h4-5,9,13,16-18,21,25,29H,6-8,10-12,14-15H2,1-3H3,(H,30,31)/t21?,25-,26+,27?/m1/s1. The highest BCUT2D eigenvalue weighted by Gasteiger charge is 2.52. The quantitative estimate of drug-likeness (QED) is 0.297. The van der Waals surface area contributed by atoms with Crippen LogP contribution in [0.2, 0.25) is 5.02 Å². The van der Waals surface area contributed by atoms with E-state index in [0.717, 1.165) is 68.2 Å². The summed E-state index contributed by atoms with van der Waals surface area (Å²) in [6.07, 6.45) is 9.75. The van der Waals surface area contributed by atoms with Gasteiger partial charge in [0.15, 0.2) is 0 Å². The highest BCUT2D eigenvalue weighted by atomic mass is 35.5. The number of hydrogen-bond donors (Lipinski definition) is 2. The van der Waals surface area contributed by atoms with E-state index in [-0.39, 0.29) is 11.7 Å². The number of aromatic nitrogens is 1. The lowest BCUT2D eigenvalue weighted by atomic mass is 9.80. The Balaban J connectivity index is 1.11. The summed E-state index contributed by atoms with van der Waals surface area (Å²) >= 11 is 6.10. The Kier molecular flexibility index (Phi) is 6.88. The summed E-state index contributed by atoms with van der Waals surface area (Å²) in [5, 5.41) is 9.01. The van der Waals surface area contributed by atoms with Gasteiger partial charge < -0.3 is 15.4 Å². The Morgan fingerprint density at radius 1 is 1.12 bits per heavy atom. The summed E-state index contributed by atoms with van der Waals surface area (Å²) in [5.41, 5.74) is 3.07. The van der Waals surface area contributed by atoms with Crippen LogP contribution in [0.25, 0.3) is 10.9 Å². The first-order chi connectivity index (χ1) is 16.4. The van der Waals surface area contributed by atoms with Crippen LogP contribution in [0.5, 0.6) is 0 Å². The number of halogens is 1. The van der Waals surface area contributed by atoms with Crippen LogP contribution < -0.4 is 10.6 Å². The van der Waals surface area contributed by atoms with Gasteiger partial charge >= 0.3 is 0 Å². The second kappa shape index (κ2) is 9.75. The zero-order chi connectivity index (χ0) is 23.8. The van der Waals surface area contributed by atoms with Crippen LogP contribution in [0, 0.1) is 5.92 Å². The molecule has 1 saturated carbocycles. The summed E-state index contributed by atoms with van der Waals surface area (Å²) < 4.78 is 6.60. The molecule has 2 aliphatic carbocycles. The average molecular weight is 486 g/mol. The van der Waals surface area contributed by atoms with Crippen molar-refractivity contribution < 1.29 is 14.5 Å². The Labute approximate surface area is 207 Å². The molecule has 0 unspecified atom stereocenters. The fourth-order valence-corrected chi connectivity index (χ4v) is 5.52. The molecule has 0 bridgehead atoms. The van der Waals surface area contributed by atoms with E-state index >= 15 is 0 Å². The SMILES string of the molecule is CC(C)C1=C[C@H]2OC3(CCC(NCCNc4ccnc5cc(Cl)ccc45)CC3)OO[C@@]2(C)CC1. The van der Waals surface area contributed by atoms with Crippen molar-refractivity contribution in [2.75, 3.05) is 18.4 Å². The van der Waals surface area contributed by atoms with Gasteiger partial charge in [0.25, 0.3) is 0 Å². The number of benzene rings is 1. The first-order valence-electron chi connectivity index (χ1n) is 12.6. The van der Waals surface area contributed by atoms with Crippen LogP contribution in [0.15, 0.2) is 42.1 Å². The van der Waals surface area contributed by atoms with Crippen LogP contribution in [0.4, 0.5) is 5.69 Å². The number of fused-ring (bicyclic) bond motifs is 2. The van der Waals surface area contributed by atoms with Crippen molar-refractivity contribution in [2.24, 2.45) is 5.92 Å². The molecule has 2 heterocycles. The second-order valence-electron chi connectivity index (χ2n) is 10.5. The number of nitrogens with zero attached hydrogens (tertiary/aromatic N) is 1. The van der Waals surface area contributed by atoms with E-state index in [1.54, 1.807) is 0 Å². The molecule has 5 rings (SSSR count). The van der Waals surface area contributed by atoms with Crippen LogP contribution in [0.3, 0.4) is 0 Å². The van der Waals surface area contributed by atoms with Crippen LogP contribution in [-0.4, -0.2) is 41.6 Å². The Bertz CT molecular complexity index is 1050. The van der Waals surface area contributed by atoms with Crippen molar-refractivity contribution >= 4 is 28.2 Å². The number of nitrogens with one attached hydrogen (secondary N) is 2. The molecule has 1 spiro atoms. The molecule has 184 valence electrons. The lowest BCUT2D eigenvalue weighted by Gasteiger charge is -2.51. The van der Waals surface area contributed by atoms with E-state index in [0.29, 0.717) is 17.0 Å². The topological polar surface area (TPSA) is 64.6 Å². The number of hydrogen-bond acceptors (Lipinski definition) is 6. The zero-order valence-corrected chi connectivity index (χ0v) is 21.2. The van der Waals surface area contributed by atoms with Gasteiger partial charge in [-0.15, -0.1) is 0 Å². The minimum Gasteiger partial charge on any atom is -0.383 e. The van der Waals surface area contributed by atoms with Crippen molar-refractivity contribution in [2.45, 2.75) is 82.8 Å². The largest absolute Gasteiger partial charge is 0.383 e. The highest BCUT2D eigenvalue weighted by molar-refractivity contribution is 6.31. The molecule has 1 aromatic carbocycles. The molecule has 0 radical (unpaired) electrons. The molecule has 2 atom stereocenters. The van der Waals surface area contributed by atoms with Gasteiger partial charge in [0.1, 0.15) is 11.7 Å². The van der Waals surface area contributed by atoms with Crippen molar-refractivity contribution in [3.63, 3.8) is 0 Å². The first kappa shape index (κ1) is 24.0. The lowest BCUT2D eigenvalue weighted by Crippen LogP contribution is -2.59. The minimum atomic E-state index is -0.617. The van der Waals surface area contributed by atoms with Crippen molar-refractivity contribution in [1.29, 1.82) is 0 Å². The third-order valence-electron chi connectivity index (χ3n) is 7.67. The maximum absolute atomic E-state index is 6.60. The van der Waals surface area contributed by atoms with Crippen LogP contribution in [-0.2, 0) is 14.5 Å². The molecule has 6 nitrogen and oxygen atoms in total. The number of ether oxygens (including phenoxy) is 1. The van der Waals surface area contributed by atoms with Gasteiger partial charge in [-0.2, -0.15) is 0 Å². The predicted octanol–water partition coefficient (Wildman–Crippen LogP) is 6.01. The third-order valence-corrected chi connectivity index (χ3v) is 7.91. The molecule has 2 aromatic rings. The van der Waals surface area contributed by atoms with E-state index in [9.17, 15) is 0 Å². The molecule has 2 fully saturated rings. The monoisotopic (exact) mass is 485 g/mol. The molecule has 1 aromatic heterocycles. The van der Waals surface area contributed by atoms with Gasteiger partial charge in [0.2, 0.25) is 5.79 Å². The maximum atomic E-state index is 6.60. The first-order valence-corrected chi connectivity index (χ1v) is 13.0. The smallest absolute Gasteiger partial charge is 0.202 e. The molecular weight excluding hydrogens is 450 g/mol. The van der Waals surface area contributed by atoms with Gasteiger partial charge in [0.05, 0.1) is 5.52 Å². The Hall–Kier alpha value is -1.70.